The van der Waals surface area contributed by atoms with Gasteiger partial charge < -0.3 is 15.3 Å². The minimum absolute atomic E-state index is 0.121. The molecule has 5 heteroatoms. The maximum Gasteiger partial charge on any atom is 0.335 e. The Balaban J connectivity index is 1.94. The number of hydrogen-bond donors (Lipinski definition) is 3. The zero-order valence-corrected chi connectivity index (χ0v) is 17.0. The van der Waals surface area contributed by atoms with Gasteiger partial charge >= 0.3 is 5.97 Å². The standard InChI is InChI=1S/C24H31NO4/c1-2-3-4-5-6-7-13-21(26)16-15-20-12-9-14-22(25-20)23(27)18-10-8-11-19(17-18)24(28)29/h8-12,14-17,21,23,26-27H,2-7,13H2,1H3,(H,28,29). The maximum atomic E-state index is 11.1. The van der Waals surface area contributed by atoms with Gasteiger partial charge in [-0.3, -0.25) is 4.98 Å². The highest BCUT2D eigenvalue weighted by Gasteiger charge is 2.14. The van der Waals surface area contributed by atoms with E-state index in [1.54, 1.807) is 42.5 Å². The normalized spacial score (nSPS) is 13.5. The number of nitrogens with zero attached hydrogens (tertiary/aromatic N) is 1. The molecule has 0 amide bonds. The quantitative estimate of drug-likeness (QED) is 0.439. The van der Waals surface area contributed by atoms with Crippen LogP contribution in [0.3, 0.4) is 0 Å². The summed E-state index contributed by atoms with van der Waals surface area (Å²) in [6, 6.07) is 11.5. The number of benzene rings is 1. The number of hydrogen-bond acceptors (Lipinski definition) is 4. The number of pyridine rings is 1. The van der Waals surface area contributed by atoms with E-state index < -0.39 is 18.2 Å². The first-order valence-electron chi connectivity index (χ1n) is 10.4. The molecule has 2 rings (SSSR count). The first-order valence-corrected chi connectivity index (χ1v) is 10.4. The Hall–Kier alpha value is -2.50. The summed E-state index contributed by atoms with van der Waals surface area (Å²) in [7, 11) is 0. The van der Waals surface area contributed by atoms with E-state index in [0.29, 0.717) is 17.0 Å². The largest absolute Gasteiger partial charge is 0.478 e. The summed E-state index contributed by atoms with van der Waals surface area (Å²) < 4.78 is 0. The molecular formula is C24H31NO4. The second-order valence-electron chi connectivity index (χ2n) is 7.30. The highest BCUT2D eigenvalue weighted by molar-refractivity contribution is 5.87. The molecule has 29 heavy (non-hydrogen) atoms. The molecule has 2 atom stereocenters. The first kappa shape index (κ1) is 22.8. The van der Waals surface area contributed by atoms with Gasteiger partial charge in [0.15, 0.2) is 0 Å². The van der Waals surface area contributed by atoms with Crippen molar-refractivity contribution in [3.8, 4) is 0 Å². The number of rotatable bonds is 12. The van der Waals surface area contributed by atoms with Gasteiger partial charge in [0.1, 0.15) is 6.10 Å². The molecule has 1 aromatic heterocycles. The van der Waals surface area contributed by atoms with Gasteiger partial charge in [0.25, 0.3) is 0 Å². The van der Waals surface area contributed by atoms with Crippen LogP contribution >= 0.6 is 0 Å². The molecule has 0 saturated carbocycles. The van der Waals surface area contributed by atoms with Gasteiger partial charge in [-0.1, -0.05) is 69.7 Å². The number of carboxylic acid groups (broad SMARTS) is 1. The van der Waals surface area contributed by atoms with Crippen LogP contribution in [0, 0.1) is 0 Å². The molecule has 2 unspecified atom stereocenters. The number of carbonyl (C=O) groups is 1. The predicted octanol–water partition coefficient (Wildman–Crippen LogP) is 4.99. The van der Waals surface area contributed by atoms with Gasteiger partial charge in [0.05, 0.1) is 23.1 Å². The Morgan fingerprint density at radius 3 is 2.52 bits per heavy atom. The summed E-state index contributed by atoms with van der Waals surface area (Å²) in [5, 5.41) is 29.8. The highest BCUT2D eigenvalue weighted by atomic mass is 16.4. The zero-order chi connectivity index (χ0) is 21.1. The van der Waals surface area contributed by atoms with Crippen LogP contribution in [-0.2, 0) is 0 Å². The van der Waals surface area contributed by atoms with Crippen molar-refractivity contribution in [3.63, 3.8) is 0 Å². The summed E-state index contributed by atoms with van der Waals surface area (Å²) in [6.45, 7) is 2.20. The van der Waals surface area contributed by atoms with E-state index in [1.165, 1.54) is 37.8 Å². The van der Waals surface area contributed by atoms with Crippen molar-refractivity contribution in [1.29, 1.82) is 0 Å². The molecule has 3 N–H and O–H groups in total. The van der Waals surface area contributed by atoms with E-state index in [0.717, 1.165) is 19.3 Å². The predicted molar refractivity (Wildman–Crippen MR) is 115 cm³/mol. The smallest absolute Gasteiger partial charge is 0.335 e. The number of aromatic carboxylic acids is 1. The molecule has 0 bridgehead atoms. The van der Waals surface area contributed by atoms with Crippen LogP contribution < -0.4 is 0 Å². The second-order valence-corrected chi connectivity index (χ2v) is 7.30. The van der Waals surface area contributed by atoms with Gasteiger partial charge in [0.2, 0.25) is 0 Å². The molecule has 0 spiro atoms. The zero-order valence-electron chi connectivity index (χ0n) is 17.0. The molecule has 0 aliphatic carbocycles. The van der Waals surface area contributed by atoms with E-state index in [4.69, 9.17) is 5.11 Å². The molecule has 5 nitrogen and oxygen atoms in total. The Morgan fingerprint density at radius 2 is 1.76 bits per heavy atom. The third-order valence-electron chi connectivity index (χ3n) is 4.86. The monoisotopic (exact) mass is 397 g/mol. The Morgan fingerprint density at radius 1 is 1.03 bits per heavy atom. The fourth-order valence-corrected chi connectivity index (χ4v) is 3.17. The minimum atomic E-state index is -1.04. The van der Waals surface area contributed by atoms with Crippen molar-refractivity contribution in [3.05, 3.63) is 71.1 Å². The molecule has 0 fully saturated rings. The fraction of sp³-hybridized carbons (Fsp3) is 0.417. The van der Waals surface area contributed by atoms with E-state index >= 15 is 0 Å². The van der Waals surface area contributed by atoms with Crippen LogP contribution in [0.2, 0.25) is 0 Å². The average Bonchev–Trinajstić information content (AvgIpc) is 2.74. The third-order valence-corrected chi connectivity index (χ3v) is 4.86. The van der Waals surface area contributed by atoms with Crippen molar-refractivity contribution in [1.82, 2.24) is 4.98 Å². The van der Waals surface area contributed by atoms with Crippen LogP contribution in [-0.4, -0.2) is 32.4 Å². The number of carboxylic acids is 1. The van der Waals surface area contributed by atoms with Gasteiger partial charge in [-0.25, -0.2) is 4.79 Å². The minimum Gasteiger partial charge on any atom is -0.478 e. The van der Waals surface area contributed by atoms with E-state index in [2.05, 4.69) is 11.9 Å². The highest BCUT2D eigenvalue weighted by Crippen LogP contribution is 2.22. The number of aromatic nitrogens is 1. The maximum absolute atomic E-state index is 11.1. The van der Waals surface area contributed by atoms with E-state index in [1.807, 2.05) is 0 Å². The first-order chi connectivity index (χ1) is 14.0. The van der Waals surface area contributed by atoms with E-state index in [-0.39, 0.29) is 5.56 Å². The van der Waals surface area contributed by atoms with Crippen molar-refractivity contribution in [2.75, 3.05) is 0 Å². The van der Waals surface area contributed by atoms with Crippen LogP contribution in [0.4, 0.5) is 0 Å². The molecule has 1 heterocycles. The van der Waals surface area contributed by atoms with Gasteiger partial charge in [-0.2, -0.15) is 0 Å². The molecule has 156 valence electrons. The Kier molecular flexibility index (Phi) is 9.54. The summed E-state index contributed by atoms with van der Waals surface area (Å²) in [5.74, 6) is -1.04. The lowest BCUT2D eigenvalue weighted by molar-refractivity contribution is 0.0696. The summed E-state index contributed by atoms with van der Waals surface area (Å²) in [4.78, 5) is 15.6. The van der Waals surface area contributed by atoms with Gasteiger partial charge in [0, 0.05) is 0 Å². The average molecular weight is 398 g/mol. The fourth-order valence-electron chi connectivity index (χ4n) is 3.17. The van der Waals surface area contributed by atoms with Crippen LogP contribution in [0.1, 0.15) is 85.3 Å². The number of unbranched alkanes of at least 4 members (excludes halogenated alkanes) is 5. The van der Waals surface area contributed by atoms with Crippen molar-refractivity contribution in [2.24, 2.45) is 0 Å². The van der Waals surface area contributed by atoms with Crippen molar-refractivity contribution in [2.45, 2.75) is 64.1 Å². The van der Waals surface area contributed by atoms with Crippen molar-refractivity contribution >= 4 is 12.0 Å². The SMILES string of the molecule is CCCCCCCCC(O)C=Cc1cccc(C(O)c2cccc(C(=O)O)c2)n1. The summed E-state index contributed by atoms with van der Waals surface area (Å²) in [5.41, 5.74) is 1.66. The van der Waals surface area contributed by atoms with Crippen molar-refractivity contribution < 1.29 is 20.1 Å². The van der Waals surface area contributed by atoms with Crippen LogP contribution in [0.15, 0.2) is 48.5 Å². The molecule has 0 saturated heterocycles. The van der Waals surface area contributed by atoms with Gasteiger partial charge in [-0.05, 0) is 42.3 Å². The van der Waals surface area contributed by atoms with Gasteiger partial charge in [-0.15, -0.1) is 0 Å². The van der Waals surface area contributed by atoms with E-state index in [9.17, 15) is 15.0 Å². The molecule has 0 radical (unpaired) electrons. The molecule has 0 aliphatic rings. The third kappa shape index (κ3) is 7.80. The lowest BCUT2D eigenvalue weighted by atomic mass is 10.0. The second kappa shape index (κ2) is 12.1. The molecule has 1 aromatic carbocycles. The Bertz CT molecular complexity index is 803. The van der Waals surface area contributed by atoms with Crippen LogP contribution in [0.5, 0.6) is 0 Å². The number of aliphatic hydroxyl groups is 2. The summed E-state index contributed by atoms with van der Waals surface area (Å²) in [6.07, 6.45) is 9.81. The summed E-state index contributed by atoms with van der Waals surface area (Å²) >= 11 is 0. The molecule has 2 aromatic rings. The Labute approximate surface area is 172 Å². The topological polar surface area (TPSA) is 90.7 Å². The lowest BCUT2D eigenvalue weighted by Crippen LogP contribution is -2.05. The number of aliphatic hydroxyl groups excluding tert-OH is 2. The van der Waals surface area contributed by atoms with Crippen LogP contribution in [0.25, 0.3) is 6.08 Å². The molecular weight excluding hydrogens is 366 g/mol. The lowest BCUT2D eigenvalue weighted by Gasteiger charge is -2.12. The molecule has 0 aliphatic heterocycles.